The lowest BCUT2D eigenvalue weighted by atomic mass is 9.82. The molecule has 498 valence electrons. The van der Waals surface area contributed by atoms with E-state index in [-0.39, 0.29) is 38.9 Å². The third-order valence-corrected chi connectivity index (χ3v) is 18.5. The first-order chi connectivity index (χ1) is 57.3. The molecule has 13 rings (SSSR count). The Morgan fingerprint density at radius 3 is 1.23 bits per heavy atom. The zero-order chi connectivity index (χ0) is 91.9. The highest BCUT2D eigenvalue weighted by molar-refractivity contribution is 5.81. The molecule has 12 aromatic rings. The number of aromatic nitrogens is 4. The van der Waals surface area contributed by atoms with E-state index in [0.717, 1.165) is 103 Å². The fraction of sp³-hybridized carbons (Fsp3) is 0.277. The molecule has 98 heavy (non-hydrogen) atoms. The van der Waals surface area contributed by atoms with Crippen LogP contribution in [0.15, 0.2) is 225 Å². The Hall–Kier alpha value is -9.64. The summed E-state index contributed by atoms with van der Waals surface area (Å²) in [5, 5.41) is 0. The molecule has 0 atom stereocenters. The van der Waals surface area contributed by atoms with Gasteiger partial charge in [-0.15, -0.1) is 0 Å². The van der Waals surface area contributed by atoms with Crippen LogP contribution in [0.1, 0.15) is 177 Å². The minimum atomic E-state index is -2.41. The molecule has 1 saturated carbocycles. The topological polar surface area (TPSA) is 15.5 Å². The van der Waals surface area contributed by atoms with Gasteiger partial charge in [0.05, 0.1) is 0 Å². The second-order valence-electron chi connectivity index (χ2n) is 25.9. The molecule has 1 aliphatic carbocycles. The van der Waals surface area contributed by atoms with Gasteiger partial charge in [-0.05, 0) is 267 Å². The third kappa shape index (κ3) is 16.3. The zero-order valence-electron chi connectivity index (χ0n) is 84.2. The van der Waals surface area contributed by atoms with E-state index in [1.54, 1.807) is 103 Å². The van der Waals surface area contributed by atoms with Crippen molar-refractivity contribution in [1.29, 1.82) is 0 Å². The first kappa shape index (κ1) is 44.3. The predicted molar refractivity (Wildman–Crippen MR) is 415 cm³/mol. The fourth-order valence-electron chi connectivity index (χ4n) is 12.9. The maximum Gasteiger partial charge on any atom is 0.212 e. The molecule has 4 heteroatoms. The van der Waals surface area contributed by atoms with E-state index in [1.807, 2.05) is 198 Å². The van der Waals surface area contributed by atoms with E-state index in [1.165, 1.54) is 18.2 Å². The Morgan fingerprint density at radius 1 is 0.327 bits per heavy atom. The van der Waals surface area contributed by atoms with Crippen molar-refractivity contribution < 1.29 is 53.9 Å². The van der Waals surface area contributed by atoms with Gasteiger partial charge in [-0.3, -0.25) is 0 Å². The van der Waals surface area contributed by atoms with E-state index in [2.05, 4.69) is 0 Å². The van der Waals surface area contributed by atoms with Crippen molar-refractivity contribution in [2.24, 2.45) is 28.2 Å². The number of aryl methyl sites for hydroxylation is 17. The quantitative estimate of drug-likeness (QED) is 0.121. The van der Waals surface area contributed by atoms with Crippen LogP contribution in [0, 0.1) is 89.4 Å². The first-order valence-electron chi connectivity index (χ1n) is 46.2. The van der Waals surface area contributed by atoms with Gasteiger partial charge in [0.1, 0.15) is 28.2 Å². The van der Waals surface area contributed by atoms with Crippen LogP contribution in [0.2, 0.25) is 0 Å². The van der Waals surface area contributed by atoms with Gasteiger partial charge in [0.15, 0.2) is 24.8 Å². The molecule has 0 amide bonds. The molecule has 0 N–H and O–H groups in total. The third-order valence-electron chi connectivity index (χ3n) is 18.5. The van der Waals surface area contributed by atoms with Gasteiger partial charge < -0.3 is 0 Å². The summed E-state index contributed by atoms with van der Waals surface area (Å²) < 4.78 is 217. The lowest BCUT2D eigenvalue weighted by Crippen LogP contribution is -2.32. The summed E-state index contributed by atoms with van der Waals surface area (Å²) in [7, 11) is 7.57. The predicted octanol–water partition coefficient (Wildman–Crippen LogP) is 22.6. The van der Waals surface area contributed by atoms with Crippen LogP contribution in [-0.2, 0) is 28.2 Å². The molecule has 0 spiro atoms. The van der Waals surface area contributed by atoms with Crippen molar-refractivity contribution in [2.75, 3.05) is 0 Å². The van der Waals surface area contributed by atoms with Crippen LogP contribution in [0.4, 0.5) is 0 Å². The highest BCUT2D eigenvalue weighted by atomic mass is 14.9. The second-order valence-corrected chi connectivity index (χ2v) is 25.9. The van der Waals surface area contributed by atoms with E-state index in [0.29, 0.717) is 62.9 Å². The molecular formula is C94H106N4+4. The number of benzene rings is 8. The van der Waals surface area contributed by atoms with Crippen molar-refractivity contribution in [3.8, 4) is 89.5 Å². The van der Waals surface area contributed by atoms with Crippen LogP contribution in [0.5, 0.6) is 0 Å². The lowest BCUT2D eigenvalue weighted by Gasteiger charge is -2.23. The largest absolute Gasteiger partial charge is 0.212 e. The Morgan fingerprint density at radius 2 is 0.745 bits per heavy atom. The number of rotatable bonds is 10. The Balaban J connectivity index is 0.000000174. The van der Waals surface area contributed by atoms with Gasteiger partial charge in [0.25, 0.3) is 0 Å². The van der Waals surface area contributed by atoms with Crippen molar-refractivity contribution >= 4 is 0 Å². The monoisotopic (exact) mass is 1320 g/mol. The van der Waals surface area contributed by atoms with Crippen molar-refractivity contribution in [1.82, 2.24) is 0 Å². The van der Waals surface area contributed by atoms with Crippen molar-refractivity contribution in [2.45, 2.75) is 147 Å². The molecule has 4 heterocycles. The summed E-state index contributed by atoms with van der Waals surface area (Å²) >= 11 is 0. The summed E-state index contributed by atoms with van der Waals surface area (Å²) in [5.41, 5.74) is 18.1. The van der Waals surface area contributed by atoms with E-state index >= 15 is 0 Å². The smallest absolute Gasteiger partial charge is 0.201 e. The summed E-state index contributed by atoms with van der Waals surface area (Å²) in [4.78, 5) is 0. The number of pyridine rings is 4. The van der Waals surface area contributed by atoms with Crippen LogP contribution in [0.3, 0.4) is 0 Å². The zero-order valence-corrected chi connectivity index (χ0v) is 58.2. The van der Waals surface area contributed by atoms with Gasteiger partial charge in [-0.25, -0.2) is 18.3 Å². The van der Waals surface area contributed by atoms with E-state index < -0.39 is 66.6 Å². The van der Waals surface area contributed by atoms with Crippen LogP contribution in [-0.4, -0.2) is 0 Å². The Kier molecular flexibility index (Phi) is 14.3. The molecule has 0 radical (unpaired) electrons. The normalized spacial score (nSPS) is 17.5. The summed E-state index contributed by atoms with van der Waals surface area (Å²) in [5.74, 6) is -1.73. The van der Waals surface area contributed by atoms with Crippen molar-refractivity contribution in [3.63, 3.8) is 0 Å². The molecule has 0 bridgehead atoms. The minimum absolute atomic E-state index is 0.116. The molecule has 0 aliphatic heterocycles. The average molecular weight is 1320 g/mol. The van der Waals surface area contributed by atoms with E-state index in [4.69, 9.17) is 34.3 Å². The molecule has 0 saturated heterocycles. The Bertz CT molecular complexity index is 5900. The second kappa shape index (κ2) is 31.7. The standard InChI is InChI=1S/C27H32N.C24H28N.C22H24N.C21H22N/c1-19-10-8-9-13-24(19)23-15-14-20(2)26(16-23)27-17-25(21(3)18-28(27)4)22-11-6-5-7-12-22;1-16(2)20-11-12-25(6)24(14-20)23-15-22(18(4)13-19(23)5)21-10-8-7-9-17(21)3;1-15-10-11-23(5)22(12-15)21-14-20(17(3)13-18(21)4)19-9-7-6-8-16(19)2;1-15-9-5-6-10-18(15)19-14-20(17(3)13-16(19)2)21-11-7-8-12-22(21)4/h8-10,13-18,22H,5-7,11-12H2,1-4H3;7-16H,1-6H3;6-14H,1-5H3;5-14H,1-4H3/q4*+1/i1D3,3D3,22D;3D3,4D3,16D;2D3,3D3;1D3,2D3. The van der Waals surface area contributed by atoms with E-state index in [9.17, 15) is 1.37 Å². The Labute approximate surface area is 625 Å². The number of nitrogens with zero attached hydrogens (tertiary/aromatic N) is 4. The molecule has 4 nitrogen and oxygen atoms in total. The van der Waals surface area contributed by atoms with Gasteiger partial charge in [0, 0.05) is 106 Å². The summed E-state index contributed by atoms with van der Waals surface area (Å²) in [6.45, 7) is -5.53. The maximum atomic E-state index is 9.22. The molecular weight excluding hydrogens is 1190 g/mol. The summed E-state index contributed by atoms with van der Waals surface area (Å²) in [6, 6.07) is 58.6. The lowest BCUT2D eigenvalue weighted by molar-refractivity contribution is -0.660. The van der Waals surface area contributed by atoms with Gasteiger partial charge in [-0.1, -0.05) is 161 Å². The minimum Gasteiger partial charge on any atom is -0.201 e. The fourth-order valence-corrected chi connectivity index (χ4v) is 12.9. The number of hydrogen-bond donors (Lipinski definition) is 0. The highest BCUT2D eigenvalue weighted by Gasteiger charge is 2.25. The number of hydrogen-bond acceptors (Lipinski definition) is 0. The highest BCUT2D eigenvalue weighted by Crippen LogP contribution is 2.39. The average Bonchev–Trinajstić information content (AvgIpc) is 0.765. The van der Waals surface area contributed by atoms with Crippen LogP contribution in [0.25, 0.3) is 89.5 Å². The molecule has 1 aliphatic rings. The maximum absolute atomic E-state index is 9.22. The molecule has 0 unspecified atom stereocenters. The molecule has 8 aromatic carbocycles. The van der Waals surface area contributed by atoms with Crippen LogP contribution >= 0.6 is 0 Å². The van der Waals surface area contributed by atoms with Gasteiger partial charge in [-0.2, -0.15) is 0 Å². The van der Waals surface area contributed by atoms with Crippen molar-refractivity contribution in [3.05, 3.63) is 308 Å². The van der Waals surface area contributed by atoms with Crippen LogP contribution < -0.4 is 18.3 Å². The van der Waals surface area contributed by atoms with Gasteiger partial charge in [0.2, 0.25) is 22.8 Å². The van der Waals surface area contributed by atoms with Gasteiger partial charge >= 0.3 is 0 Å². The molecule has 4 aromatic heterocycles. The molecule has 1 fully saturated rings. The summed E-state index contributed by atoms with van der Waals surface area (Å²) in [6.07, 6.45) is 11.6. The SMILES string of the molecule is [2H]C([2H])([2H])c1ccccc1-c1cc(-c2cc(C([2H])(C)C)cc[n+]2C)c(C)cc1C([2H])([2H])[2H].[2H]C([2H])([2H])c1ccccc1-c1cc(-c2cc(C)cc[n+]2C)c(C)cc1C([2H])([2H])[2H].[2H]C([2H])([2H])c1ccccc1-c1cc(-c2cccc[n+]2C)c(C)cc1C([2H])([2H])[2H].[2H]C([2H])([2H])c1ccccc1-c1ccc(C)c(-c2cc(C3([2H])CCCCC3)c(C([2H])([2H])[2H])c[n+]2C)c1. The first-order valence-corrected chi connectivity index (χ1v) is 33.2.